The number of ketones is 3. The third-order valence-electron chi connectivity index (χ3n) is 4.68. The molecule has 0 saturated carbocycles. The normalized spacial score (nSPS) is 16.1. The average Bonchev–Trinajstić information content (AvgIpc) is 2.65. The van der Waals surface area contributed by atoms with Crippen molar-refractivity contribution in [2.45, 2.75) is 49.0 Å². The molecule has 0 radical (unpaired) electrons. The van der Waals surface area contributed by atoms with Gasteiger partial charge < -0.3 is 0 Å². The van der Waals surface area contributed by atoms with Crippen LogP contribution in [0.15, 0.2) is 83.5 Å². The molecule has 0 atom stereocenters. The monoisotopic (exact) mass is 418 g/mol. The van der Waals surface area contributed by atoms with Gasteiger partial charge in [-0.15, -0.1) is 0 Å². The van der Waals surface area contributed by atoms with E-state index in [9.17, 15) is 14.4 Å². The molecule has 0 heterocycles. The van der Waals surface area contributed by atoms with Crippen molar-refractivity contribution in [3.8, 4) is 0 Å². The molecule has 0 N–H and O–H groups in total. The zero-order chi connectivity index (χ0) is 22.5. The summed E-state index contributed by atoms with van der Waals surface area (Å²) in [4.78, 5) is 33.4. The lowest BCUT2D eigenvalue weighted by Crippen LogP contribution is -2.27. The van der Waals surface area contributed by atoms with Crippen molar-refractivity contribution in [2.24, 2.45) is 10.8 Å². The summed E-state index contributed by atoms with van der Waals surface area (Å²) in [6, 6.07) is 10.2. The Hall–Kier alpha value is -3.07. The van der Waals surface area contributed by atoms with Gasteiger partial charge in [0.2, 0.25) is 0 Å². The SMILES string of the molecule is C.CC(C)(C)C1=CC(=Cc2ccccc2)C=C(C(C)(C)C)C1=O.O=C1C=CC(=O)C=C1. The second-order valence-corrected chi connectivity index (χ2v) is 9.47. The highest BCUT2D eigenvalue weighted by molar-refractivity contribution is 6.14. The molecule has 0 fully saturated rings. The second-order valence-electron chi connectivity index (χ2n) is 9.47. The molecule has 0 aromatic heterocycles. The van der Waals surface area contributed by atoms with Crippen molar-refractivity contribution in [2.75, 3.05) is 0 Å². The molecule has 0 aliphatic heterocycles. The maximum Gasteiger partial charge on any atom is 0.186 e. The number of hydrogen-bond acceptors (Lipinski definition) is 3. The van der Waals surface area contributed by atoms with E-state index in [2.05, 4.69) is 59.8 Å². The van der Waals surface area contributed by atoms with E-state index in [-0.39, 0.29) is 35.6 Å². The Kier molecular flexibility index (Phi) is 8.63. The van der Waals surface area contributed by atoms with Crippen molar-refractivity contribution in [1.29, 1.82) is 0 Å². The third-order valence-corrected chi connectivity index (χ3v) is 4.68. The van der Waals surface area contributed by atoms with Crippen LogP contribution in [0.1, 0.15) is 54.5 Å². The summed E-state index contributed by atoms with van der Waals surface area (Å²) in [5.74, 6) is -0.0561. The van der Waals surface area contributed by atoms with E-state index in [1.165, 1.54) is 24.3 Å². The number of carbonyl (C=O) groups is 3. The van der Waals surface area contributed by atoms with E-state index in [0.717, 1.165) is 22.3 Å². The lowest BCUT2D eigenvalue weighted by Gasteiger charge is -2.31. The van der Waals surface area contributed by atoms with Crippen LogP contribution in [0, 0.1) is 10.8 Å². The van der Waals surface area contributed by atoms with Crippen LogP contribution in [-0.4, -0.2) is 17.3 Å². The van der Waals surface area contributed by atoms with Crippen molar-refractivity contribution >= 4 is 23.4 Å². The van der Waals surface area contributed by atoms with Crippen LogP contribution in [0.5, 0.6) is 0 Å². The van der Waals surface area contributed by atoms with Gasteiger partial charge in [0.15, 0.2) is 17.3 Å². The summed E-state index contributed by atoms with van der Waals surface area (Å²) >= 11 is 0. The largest absolute Gasteiger partial charge is 0.290 e. The van der Waals surface area contributed by atoms with Gasteiger partial charge in [-0.3, -0.25) is 14.4 Å². The molecule has 2 aliphatic carbocycles. The molecule has 3 nitrogen and oxygen atoms in total. The first kappa shape index (κ1) is 26.0. The maximum atomic E-state index is 12.9. The van der Waals surface area contributed by atoms with E-state index < -0.39 is 0 Å². The topological polar surface area (TPSA) is 51.2 Å². The summed E-state index contributed by atoms with van der Waals surface area (Å²) < 4.78 is 0. The highest BCUT2D eigenvalue weighted by Gasteiger charge is 2.33. The number of benzene rings is 1. The zero-order valence-electron chi connectivity index (χ0n) is 18.7. The predicted octanol–water partition coefficient (Wildman–Crippen LogP) is 6.48. The van der Waals surface area contributed by atoms with Crippen LogP contribution in [0.3, 0.4) is 0 Å². The van der Waals surface area contributed by atoms with Crippen molar-refractivity contribution in [1.82, 2.24) is 0 Å². The molecule has 0 bridgehead atoms. The first-order valence-corrected chi connectivity index (χ1v) is 10.1. The Morgan fingerprint density at radius 3 is 1.39 bits per heavy atom. The van der Waals surface area contributed by atoms with Gasteiger partial charge >= 0.3 is 0 Å². The lowest BCUT2D eigenvalue weighted by molar-refractivity contribution is -0.114. The molecular formula is C28H34O3. The van der Waals surface area contributed by atoms with Crippen molar-refractivity contribution in [3.63, 3.8) is 0 Å². The van der Waals surface area contributed by atoms with Gasteiger partial charge in [0.25, 0.3) is 0 Å². The van der Waals surface area contributed by atoms with E-state index in [1.807, 2.05) is 30.4 Å². The lowest BCUT2D eigenvalue weighted by atomic mass is 9.72. The summed E-state index contributed by atoms with van der Waals surface area (Å²) in [7, 11) is 0. The summed E-state index contributed by atoms with van der Waals surface area (Å²) in [6.07, 6.45) is 11.2. The fourth-order valence-corrected chi connectivity index (χ4v) is 3.03. The smallest absolute Gasteiger partial charge is 0.186 e. The first-order valence-electron chi connectivity index (χ1n) is 10.1. The molecule has 31 heavy (non-hydrogen) atoms. The Bertz CT molecular complexity index is 909. The molecule has 1 aromatic carbocycles. The molecule has 0 spiro atoms. The van der Waals surface area contributed by atoms with E-state index >= 15 is 0 Å². The van der Waals surface area contributed by atoms with Crippen LogP contribution in [0.4, 0.5) is 0 Å². The van der Waals surface area contributed by atoms with E-state index in [4.69, 9.17) is 0 Å². The zero-order valence-corrected chi connectivity index (χ0v) is 18.7. The minimum absolute atomic E-state index is 0. The summed E-state index contributed by atoms with van der Waals surface area (Å²) in [5, 5.41) is 0. The Labute approximate surface area is 186 Å². The number of Topliss-reactive ketones (excluding diaryl/α,β-unsaturated/α-hetero) is 1. The van der Waals surface area contributed by atoms with Gasteiger partial charge in [-0.05, 0) is 64.5 Å². The molecule has 164 valence electrons. The van der Waals surface area contributed by atoms with E-state index in [1.54, 1.807) is 0 Å². The fraction of sp³-hybridized carbons (Fsp3) is 0.321. The standard InChI is InChI=1S/C21H26O.C6H4O2.CH4/c1-20(2,3)17-13-16(12-15-10-8-7-9-11-15)14-18(19(17)22)21(4,5)6;7-5-1-2-6(8)4-3-5;/h7-14H,1-6H3;1-4H;1H4. The number of carbonyl (C=O) groups excluding carboxylic acids is 3. The molecule has 1 aromatic rings. The summed E-state index contributed by atoms with van der Waals surface area (Å²) in [6.45, 7) is 12.6. The van der Waals surface area contributed by atoms with E-state index in [0.29, 0.717) is 0 Å². The number of rotatable bonds is 1. The predicted molar refractivity (Wildman–Crippen MR) is 130 cm³/mol. The molecular weight excluding hydrogens is 384 g/mol. The van der Waals surface area contributed by atoms with Crippen molar-refractivity contribution in [3.05, 3.63) is 89.1 Å². The fourth-order valence-electron chi connectivity index (χ4n) is 3.03. The van der Waals surface area contributed by atoms with Crippen LogP contribution in [0.25, 0.3) is 6.08 Å². The molecule has 0 unspecified atom stereocenters. The van der Waals surface area contributed by atoms with Crippen molar-refractivity contribution < 1.29 is 14.4 Å². The minimum Gasteiger partial charge on any atom is -0.290 e. The maximum absolute atomic E-state index is 12.9. The van der Waals surface area contributed by atoms with Gasteiger partial charge in [0.05, 0.1) is 0 Å². The number of hydrogen-bond donors (Lipinski definition) is 0. The summed E-state index contributed by atoms with van der Waals surface area (Å²) in [5.41, 5.74) is 3.72. The molecule has 3 rings (SSSR count). The van der Waals surface area contributed by atoms with Gasteiger partial charge in [-0.1, -0.05) is 79.3 Å². The van der Waals surface area contributed by atoms with Gasteiger partial charge in [-0.25, -0.2) is 0 Å². The minimum atomic E-state index is -0.155. The highest BCUT2D eigenvalue weighted by Crippen LogP contribution is 2.39. The van der Waals surface area contributed by atoms with Crippen LogP contribution in [0.2, 0.25) is 0 Å². The van der Waals surface area contributed by atoms with Gasteiger partial charge in [0, 0.05) is 11.1 Å². The van der Waals surface area contributed by atoms with Crippen LogP contribution in [-0.2, 0) is 14.4 Å². The second kappa shape index (κ2) is 10.3. The molecule has 3 heteroatoms. The Morgan fingerprint density at radius 1 is 0.645 bits per heavy atom. The highest BCUT2D eigenvalue weighted by atomic mass is 16.1. The third kappa shape index (κ3) is 7.60. The quantitative estimate of drug-likeness (QED) is 0.490. The first-order chi connectivity index (χ1) is 13.9. The van der Waals surface area contributed by atoms with Gasteiger partial charge in [0.1, 0.15) is 0 Å². The van der Waals surface area contributed by atoms with Crippen LogP contribution >= 0.6 is 0 Å². The molecule has 2 aliphatic rings. The average molecular weight is 419 g/mol. The molecule has 0 saturated heterocycles. The number of allylic oxidation sites excluding steroid dienone is 9. The van der Waals surface area contributed by atoms with Crippen LogP contribution < -0.4 is 0 Å². The molecule has 0 amide bonds. The van der Waals surface area contributed by atoms with Gasteiger partial charge in [-0.2, -0.15) is 0 Å². The Morgan fingerprint density at radius 2 is 1.03 bits per heavy atom. The Balaban J connectivity index is 0.000000450.